The second kappa shape index (κ2) is 9.34. The van der Waals surface area contributed by atoms with Crippen molar-refractivity contribution in [2.45, 2.75) is 32.7 Å². The summed E-state index contributed by atoms with van der Waals surface area (Å²) < 4.78 is 1.06. The number of carboxylic acids is 1. The summed E-state index contributed by atoms with van der Waals surface area (Å²) >= 11 is 3.41. The van der Waals surface area contributed by atoms with Crippen molar-refractivity contribution >= 4 is 34.3 Å². The molecule has 1 aromatic carbocycles. The first-order chi connectivity index (χ1) is 8.52. The lowest BCUT2D eigenvalue weighted by molar-refractivity contribution is -0.141. The van der Waals surface area contributed by atoms with Gasteiger partial charge in [-0.05, 0) is 37.1 Å². The van der Waals surface area contributed by atoms with Crippen LogP contribution in [0.4, 0.5) is 0 Å². The van der Waals surface area contributed by atoms with Crippen LogP contribution in [-0.4, -0.2) is 23.7 Å². The van der Waals surface area contributed by atoms with Crippen molar-refractivity contribution in [1.29, 1.82) is 0 Å². The van der Waals surface area contributed by atoms with Crippen molar-refractivity contribution in [3.05, 3.63) is 34.3 Å². The predicted octanol–water partition coefficient (Wildman–Crippen LogP) is 3.50. The SMILES string of the molecule is CCN[C@H](Cc1ccc(Br)cc1)C[C@@H](C)C(=O)O.Cl. The number of benzene rings is 1. The van der Waals surface area contributed by atoms with Crippen molar-refractivity contribution < 1.29 is 9.90 Å². The van der Waals surface area contributed by atoms with Gasteiger partial charge in [0.05, 0.1) is 5.92 Å². The van der Waals surface area contributed by atoms with Crippen LogP contribution in [0, 0.1) is 5.92 Å². The average Bonchev–Trinajstić information content (AvgIpc) is 2.32. The van der Waals surface area contributed by atoms with Crippen LogP contribution in [0.2, 0.25) is 0 Å². The lowest BCUT2D eigenvalue weighted by atomic mass is 9.96. The van der Waals surface area contributed by atoms with E-state index in [1.165, 1.54) is 5.56 Å². The molecule has 3 nitrogen and oxygen atoms in total. The molecule has 0 unspecified atom stereocenters. The van der Waals surface area contributed by atoms with Gasteiger partial charge in [0.15, 0.2) is 0 Å². The number of halogens is 2. The Hall–Kier alpha value is -0.580. The second-order valence-electron chi connectivity index (χ2n) is 4.56. The Morgan fingerprint density at radius 1 is 1.37 bits per heavy atom. The van der Waals surface area contributed by atoms with Gasteiger partial charge in [-0.1, -0.05) is 41.9 Å². The smallest absolute Gasteiger partial charge is 0.306 e. The number of carboxylic acid groups (broad SMARTS) is 1. The summed E-state index contributed by atoms with van der Waals surface area (Å²) in [6, 6.07) is 8.37. The first-order valence-electron chi connectivity index (χ1n) is 6.23. The molecule has 0 radical (unpaired) electrons. The maximum atomic E-state index is 10.9. The minimum atomic E-state index is -0.728. The minimum Gasteiger partial charge on any atom is -0.481 e. The Morgan fingerprint density at radius 3 is 2.42 bits per heavy atom. The van der Waals surface area contributed by atoms with E-state index < -0.39 is 5.97 Å². The fourth-order valence-electron chi connectivity index (χ4n) is 1.96. The Balaban J connectivity index is 0.00000324. The number of hydrogen-bond acceptors (Lipinski definition) is 2. The van der Waals surface area contributed by atoms with Gasteiger partial charge in [0.1, 0.15) is 0 Å². The standard InChI is InChI=1S/C14H20BrNO2.ClH/c1-3-16-13(8-10(2)14(17)18)9-11-4-6-12(15)7-5-11;/h4-7,10,13,16H,3,8-9H2,1-2H3,(H,17,18);1H/t10-,13+;/m1./s1. The summed E-state index contributed by atoms with van der Waals surface area (Å²) in [5.74, 6) is -1.04. The van der Waals surface area contributed by atoms with E-state index in [9.17, 15) is 4.79 Å². The van der Waals surface area contributed by atoms with Crippen LogP contribution in [0.3, 0.4) is 0 Å². The summed E-state index contributed by atoms with van der Waals surface area (Å²) in [6.07, 6.45) is 1.51. The fraction of sp³-hybridized carbons (Fsp3) is 0.500. The van der Waals surface area contributed by atoms with Gasteiger partial charge in [-0.25, -0.2) is 0 Å². The molecule has 2 N–H and O–H groups in total. The first kappa shape index (κ1) is 18.4. The van der Waals surface area contributed by atoms with E-state index >= 15 is 0 Å². The summed E-state index contributed by atoms with van der Waals surface area (Å²) in [6.45, 7) is 4.65. The van der Waals surface area contributed by atoms with Crippen molar-refractivity contribution in [3.63, 3.8) is 0 Å². The van der Waals surface area contributed by atoms with Crippen molar-refractivity contribution in [2.24, 2.45) is 5.92 Å². The normalized spacial score (nSPS) is 13.4. The molecule has 0 aliphatic rings. The van der Waals surface area contributed by atoms with Crippen molar-refractivity contribution in [1.82, 2.24) is 5.32 Å². The average molecular weight is 351 g/mol. The lowest BCUT2D eigenvalue weighted by Gasteiger charge is -2.20. The third-order valence-electron chi connectivity index (χ3n) is 2.95. The van der Waals surface area contributed by atoms with Crippen molar-refractivity contribution in [2.75, 3.05) is 6.54 Å². The number of likely N-dealkylation sites (N-methyl/N-ethyl adjacent to an activating group) is 1. The number of nitrogens with one attached hydrogen (secondary N) is 1. The molecule has 0 aliphatic carbocycles. The third-order valence-corrected chi connectivity index (χ3v) is 3.48. The molecule has 1 rings (SSSR count). The van der Waals surface area contributed by atoms with Crippen LogP contribution in [0.1, 0.15) is 25.8 Å². The zero-order valence-corrected chi connectivity index (χ0v) is 13.6. The van der Waals surface area contributed by atoms with Crippen LogP contribution < -0.4 is 5.32 Å². The molecule has 2 atom stereocenters. The molecule has 0 fully saturated rings. The summed E-state index contributed by atoms with van der Waals surface area (Å²) in [5, 5.41) is 12.3. The van der Waals surface area contributed by atoms with Gasteiger partial charge in [0, 0.05) is 10.5 Å². The molecule has 0 aromatic heterocycles. The molecule has 1 aromatic rings. The highest BCUT2D eigenvalue weighted by Gasteiger charge is 2.17. The molecule has 0 aliphatic heterocycles. The third kappa shape index (κ3) is 6.95. The van der Waals surface area contributed by atoms with Gasteiger partial charge >= 0.3 is 5.97 Å². The van der Waals surface area contributed by atoms with Gasteiger partial charge in [0.2, 0.25) is 0 Å². The highest BCUT2D eigenvalue weighted by molar-refractivity contribution is 9.10. The molecule has 0 saturated heterocycles. The largest absolute Gasteiger partial charge is 0.481 e. The van der Waals surface area contributed by atoms with Gasteiger partial charge in [-0.2, -0.15) is 0 Å². The Kier molecular flexibility index (Phi) is 9.06. The van der Waals surface area contributed by atoms with E-state index in [-0.39, 0.29) is 24.4 Å². The molecular formula is C14H21BrClNO2. The number of hydrogen-bond donors (Lipinski definition) is 2. The van der Waals surface area contributed by atoms with E-state index in [2.05, 4.69) is 33.4 Å². The van der Waals surface area contributed by atoms with Crippen molar-refractivity contribution in [3.8, 4) is 0 Å². The number of rotatable bonds is 7. The number of aliphatic carboxylic acids is 1. The van der Waals surface area contributed by atoms with E-state index in [1.807, 2.05) is 19.1 Å². The molecular weight excluding hydrogens is 330 g/mol. The van der Waals surface area contributed by atoms with Gasteiger partial charge < -0.3 is 10.4 Å². The topological polar surface area (TPSA) is 49.3 Å². The summed E-state index contributed by atoms with van der Waals surface area (Å²) in [5.41, 5.74) is 1.22. The van der Waals surface area contributed by atoms with Crippen LogP contribution in [0.25, 0.3) is 0 Å². The second-order valence-corrected chi connectivity index (χ2v) is 5.48. The Labute approximate surface area is 129 Å². The maximum Gasteiger partial charge on any atom is 0.306 e. The highest BCUT2D eigenvalue weighted by Crippen LogP contribution is 2.15. The van der Waals surface area contributed by atoms with Gasteiger partial charge in [0.25, 0.3) is 0 Å². The Bertz CT molecular complexity index is 384. The first-order valence-corrected chi connectivity index (χ1v) is 7.02. The molecule has 0 bridgehead atoms. The minimum absolute atomic E-state index is 0. The van der Waals surface area contributed by atoms with Crippen LogP contribution in [0.5, 0.6) is 0 Å². The zero-order valence-electron chi connectivity index (χ0n) is 11.2. The van der Waals surface area contributed by atoms with Crippen LogP contribution in [0.15, 0.2) is 28.7 Å². The molecule has 5 heteroatoms. The lowest BCUT2D eigenvalue weighted by Crippen LogP contribution is -2.34. The summed E-state index contributed by atoms with van der Waals surface area (Å²) in [4.78, 5) is 10.9. The molecule has 108 valence electrons. The molecule has 0 saturated carbocycles. The fourth-order valence-corrected chi connectivity index (χ4v) is 2.22. The van der Waals surface area contributed by atoms with Gasteiger partial charge in [-0.3, -0.25) is 4.79 Å². The quantitative estimate of drug-likeness (QED) is 0.791. The highest BCUT2D eigenvalue weighted by atomic mass is 79.9. The van der Waals surface area contributed by atoms with Crippen LogP contribution in [-0.2, 0) is 11.2 Å². The Morgan fingerprint density at radius 2 is 1.95 bits per heavy atom. The van der Waals surface area contributed by atoms with E-state index in [0.717, 1.165) is 17.4 Å². The molecule has 0 spiro atoms. The summed E-state index contributed by atoms with van der Waals surface area (Å²) in [7, 11) is 0. The van der Waals surface area contributed by atoms with E-state index in [4.69, 9.17) is 5.11 Å². The van der Waals surface area contributed by atoms with E-state index in [1.54, 1.807) is 6.92 Å². The molecule has 0 amide bonds. The maximum absolute atomic E-state index is 10.9. The monoisotopic (exact) mass is 349 g/mol. The zero-order chi connectivity index (χ0) is 13.5. The molecule has 19 heavy (non-hydrogen) atoms. The predicted molar refractivity (Wildman–Crippen MR) is 84.0 cm³/mol. The van der Waals surface area contributed by atoms with Crippen LogP contribution >= 0.6 is 28.3 Å². The van der Waals surface area contributed by atoms with E-state index in [0.29, 0.717) is 6.42 Å². The molecule has 0 heterocycles. The number of carbonyl (C=O) groups is 1. The van der Waals surface area contributed by atoms with Gasteiger partial charge in [-0.15, -0.1) is 12.4 Å².